The van der Waals surface area contributed by atoms with E-state index in [4.69, 9.17) is 0 Å². The standard InChI is InChI=1S/C7H9NOS/c1-5-3-10-4-7(5)8-6(2)9/h3-4H,1-2H3,(H,8,9). The van der Waals surface area contributed by atoms with Crippen LogP contribution in [0.5, 0.6) is 0 Å². The van der Waals surface area contributed by atoms with Gasteiger partial charge in [0.1, 0.15) is 0 Å². The summed E-state index contributed by atoms with van der Waals surface area (Å²) in [7, 11) is 0. The van der Waals surface area contributed by atoms with Crippen molar-refractivity contribution in [1.82, 2.24) is 0 Å². The molecule has 0 unspecified atom stereocenters. The molecule has 0 aromatic carbocycles. The van der Waals surface area contributed by atoms with Gasteiger partial charge < -0.3 is 5.32 Å². The lowest BCUT2D eigenvalue weighted by Gasteiger charge is -1.97. The summed E-state index contributed by atoms with van der Waals surface area (Å²) in [6, 6.07) is 0. The van der Waals surface area contributed by atoms with Crippen LogP contribution in [0.2, 0.25) is 0 Å². The predicted molar refractivity (Wildman–Crippen MR) is 43.4 cm³/mol. The zero-order valence-corrected chi connectivity index (χ0v) is 6.79. The normalized spacial score (nSPS) is 9.40. The van der Waals surface area contributed by atoms with Gasteiger partial charge in [-0.3, -0.25) is 4.79 Å². The van der Waals surface area contributed by atoms with Crippen LogP contribution in [0.25, 0.3) is 0 Å². The maximum absolute atomic E-state index is 10.6. The van der Waals surface area contributed by atoms with Crippen molar-refractivity contribution in [3.8, 4) is 0 Å². The van der Waals surface area contributed by atoms with Crippen LogP contribution in [0.3, 0.4) is 0 Å². The van der Waals surface area contributed by atoms with Crippen LogP contribution < -0.4 is 5.32 Å². The molecule has 1 aromatic rings. The van der Waals surface area contributed by atoms with Crippen LogP contribution in [0.4, 0.5) is 5.69 Å². The van der Waals surface area contributed by atoms with Crippen molar-refractivity contribution in [2.75, 3.05) is 5.32 Å². The zero-order chi connectivity index (χ0) is 7.56. The lowest BCUT2D eigenvalue weighted by atomic mass is 10.3. The van der Waals surface area contributed by atoms with Gasteiger partial charge in [0.25, 0.3) is 0 Å². The van der Waals surface area contributed by atoms with Crippen molar-refractivity contribution in [2.45, 2.75) is 13.8 Å². The molecular weight excluding hydrogens is 146 g/mol. The largest absolute Gasteiger partial charge is 0.325 e. The van der Waals surface area contributed by atoms with E-state index in [9.17, 15) is 4.79 Å². The average Bonchev–Trinajstić information content (AvgIpc) is 2.15. The molecule has 0 radical (unpaired) electrons. The van der Waals surface area contributed by atoms with Gasteiger partial charge in [0.05, 0.1) is 5.69 Å². The van der Waals surface area contributed by atoms with Crippen molar-refractivity contribution in [3.05, 3.63) is 16.3 Å². The van der Waals surface area contributed by atoms with E-state index in [-0.39, 0.29) is 5.91 Å². The minimum atomic E-state index is -0.0125. The maximum Gasteiger partial charge on any atom is 0.221 e. The third-order valence-electron chi connectivity index (χ3n) is 1.17. The number of nitrogens with one attached hydrogen (secondary N) is 1. The van der Waals surface area contributed by atoms with E-state index in [0.29, 0.717) is 0 Å². The number of thiophene rings is 1. The minimum Gasteiger partial charge on any atom is -0.325 e. The summed E-state index contributed by atoms with van der Waals surface area (Å²) in [4.78, 5) is 10.6. The number of carbonyl (C=O) groups is 1. The van der Waals surface area contributed by atoms with Crippen molar-refractivity contribution in [1.29, 1.82) is 0 Å². The van der Waals surface area contributed by atoms with E-state index in [1.165, 1.54) is 6.92 Å². The van der Waals surface area contributed by atoms with E-state index >= 15 is 0 Å². The fraction of sp³-hybridized carbons (Fsp3) is 0.286. The van der Waals surface area contributed by atoms with Crippen LogP contribution in [-0.2, 0) is 4.79 Å². The first-order valence-corrected chi connectivity index (χ1v) is 3.95. The molecule has 0 spiro atoms. The van der Waals surface area contributed by atoms with Crippen molar-refractivity contribution >= 4 is 22.9 Å². The van der Waals surface area contributed by atoms with Crippen LogP contribution in [0.15, 0.2) is 10.8 Å². The molecule has 0 saturated carbocycles. The molecular formula is C7H9NOS. The highest BCUT2D eigenvalue weighted by Gasteiger charge is 1.98. The average molecular weight is 155 g/mol. The topological polar surface area (TPSA) is 29.1 Å². The lowest BCUT2D eigenvalue weighted by Crippen LogP contribution is -2.05. The molecule has 2 nitrogen and oxygen atoms in total. The van der Waals surface area contributed by atoms with Crippen molar-refractivity contribution in [3.63, 3.8) is 0 Å². The van der Waals surface area contributed by atoms with Gasteiger partial charge in [-0.25, -0.2) is 0 Å². The molecule has 0 bridgehead atoms. The molecule has 54 valence electrons. The molecule has 1 amide bonds. The van der Waals surface area contributed by atoms with Gasteiger partial charge in [0.15, 0.2) is 0 Å². The summed E-state index contributed by atoms with van der Waals surface area (Å²) < 4.78 is 0. The van der Waals surface area contributed by atoms with Gasteiger partial charge in [0, 0.05) is 12.3 Å². The van der Waals surface area contributed by atoms with Gasteiger partial charge in [-0.2, -0.15) is 0 Å². The Hall–Kier alpha value is -0.830. The summed E-state index contributed by atoms with van der Waals surface area (Å²) in [6.07, 6.45) is 0. The Balaban J connectivity index is 2.74. The Morgan fingerprint density at radius 3 is 2.70 bits per heavy atom. The Morgan fingerprint density at radius 2 is 2.30 bits per heavy atom. The molecule has 1 aromatic heterocycles. The van der Waals surface area contributed by atoms with Crippen LogP contribution >= 0.6 is 11.3 Å². The zero-order valence-electron chi connectivity index (χ0n) is 5.97. The Labute approximate surface area is 63.9 Å². The fourth-order valence-corrected chi connectivity index (χ4v) is 1.46. The summed E-state index contributed by atoms with van der Waals surface area (Å²) in [5, 5.41) is 6.66. The number of hydrogen-bond donors (Lipinski definition) is 1. The summed E-state index contributed by atoms with van der Waals surface area (Å²) in [6.45, 7) is 3.49. The summed E-state index contributed by atoms with van der Waals surface area (Å²) >= 11 is 1.59. The Bertz CT molecular complexity index is 242. The monoisotopic (exact) mass is 155 g/mol. The molecule has 10 heavy (non-hydrogen) atoms. The second kappa shape index (κ2) is 2.84. The predicted octanol–water partition coefficient (Wildman–Crippen LogP) is 2.01. The molecule has 0 atom stereocenters. The summed E-state index contributed by atoms with van der Waals surface area (Å²) in [5.74, 6) is -0.0125. The smallest absolute Gasteiger partial charge is 0.221 e. The second-order valence-electron chi connectivity index (χ2n) is 2.15. The van der Waals surface area contributed by atoms with Gasteiger partial charge in [-0.1, -0.05) is 0 Å². The first-order chi connectivity index (χ1) is 4.70. The molecule has 0 aliphatic carbocycles. The van der Waals surface area contributed by atoms with Gasteiger partial charge >= 0.3 is 0 Å². The first kappa shape index (κ1) is 7.28. The first-order valence-electron chi connectivity index (χ1n) is 3.00. The maximum atomic E-state index is 10.6. The Morgan fingerprint density at radius 1 is 1.60 bits per heavy atom. The third kappa shape index (κ3) is 1.57. The number of anilines is 1. The Kier molecular flexibility index (Phi) is 2.06. The second-order valence-corrected chi connectivity index (χ2v) is 2.89. The molecule has 1 N–H and O–H groups in total. The van der Waals surface area contributed by atoms with Crippen molar-refractivity contribution < 1.29 is 4.79 Å². The number of amides is 1. The quantitative estimate of drug-likeness (QED) is 0.660. The van der Waals surface area contributed by atoms with E-state index in [1.807, 2.05) is 17.7 Å². The minimum absolute atomic E-state index is 0.0125. The van der Waals surface area contributed by atoms with Gasteiger partial charge in [-0.05, 0) is 17.9 Å². The van der Waals surface area contributed by atoms with Crippen LogP contribution in [0, 0.1) is 6.92 Å². The van der Waals surface area contributed by atoms with Gasteiger partial charge in [0.2, 0.25) is 5.91 Å². The highest BCUT2D eigenvalue weighted by Crippen LogP contribution is 2.18. The summed E-state index contributed by atoms with van der Waals surface area (Å²) in [5.41, 5.74) is 2.05. The van der Waals surface area contributed by atoms with E-state index in [0.717, 1.165) is 11.3 Å². The number of hydrogen-bond acceptors (Lipinski definition) is 2. The third-order valence-corrected chi connectivity index (χ3v) is 2.03. The fourth-order valence-electron chi connectivity index (χ4n) is 0.678. The highest BCUT2D eigenvalue weighted by molar-refractivity contribution is 7.08. The van der Waals surface area contributed by atoms with Crippen LogP contribution in [0.1, 0.15) is 12.5 Å². The molecule has 1 heterocycles. The molecule has 3 heteroatoms. The number of aryl methyl sites for hydroxylation is 1. The number of carbonyl (C=O) groups excluding carboxylic acids is 1. The molecule has 1 rings (SSSR count). The molecule has 0 aliphatic rings. The van der Waals surface area contributed by atoms with E-state index in [1.54, 1.807) is 11.3 Å². The van der Waals surface area contributed by atoms with Crippen molar-refractivity contribution in [2.24, 2.45) is 0 Å². The number of rotatable bonds is 1. The van der Waals surface area contributed by atoms with Gasteiger partial charge in [-0.15, -0.1) is 11.3 Å². The van der Waals surface area contributed by atoms with E-state index in [2.05, 4.69) is 5.32 Å². The molecule has 0 saturated heterocycles. The van der Waals surface area contributed by atoms with Crippen LogP contribution in [-0.4, -0.2) is 5.91 Å². The SMILES string of the molecule is CC(=O)Nc1cscc1C. The molecule has 0 fully saturated rings. The van der Waals surface area contributed by atoms with E-state index < -0.39 is 0 Å². The lowest BCUT2D eigenvalue weighted by molar-refractivity contribution is -0.114. The highest BCUT2D eigenvalue weighted by atomic mass is 32.1. The molecule has 0 aliphatic heterocycles.